The average molecular weight is 459 g/mol. The number of aliphatic carboxylic acids is 1. The third-order valence-electron chi connectivity index (χ3n) is 5.78. The van der Waals surface area contributed by atoms with E-state index >= 15 is 0 Å². The minimum atomic E-state index is -1.16. The van der Waals surface area contributed by atoms with E-state index in [1.165, 1.54) is 0 Å². The number of hydrogen-bond donors (Lipinski definition) is 5. The molecule has 1 aromatic heterocycles. The Bertz CT molecular complexity index is 1340. The molecule has 8 heteroatoms. The van der Waals surface area contributed by atoms with Gasteiger partial charge in [0.1, 0.15) is 6.04 Å². The van der Waals surface area contributed by atoms with Gasteiger partial charge in [-0.1, -0.05) is 60.7 Å². The number of carbonyl (C=O) groups is 3. The largest absolute Gasteiger partial charge is 0.480 e. The predicted octanol–water partition coefficient (Wildman–Crippen LogP) is 3.49. The average Bonchev–Trinajstić information content (AvgIpc) is 3.24. The molecule has 174 valence electrons. The molecule has 0 radical (unpaired) electrons. The first-order valence-corrected chi connectivity index (χ1v) is 11.0. The van der Waals surface area contributed by atoms with Crippen molar-refractivity contribution in [3.63, 3.8) is 0 Å². The SMILES string of the molecule is CC(NC(=O)CNC(=O)NC(Cc1c[nH]c2ccccc12)C(=O)O)c1cccc2ccccc12. The van der Waals surface area contributed by atoms with Gasteiger partial charge in [-0.2, -0.15) is 0 Å². The summed E-state index contributed by atoms with van der Waals surface area (Å²) in [6.45, 7) is 1.60. The maximum absolute atomic E-state index is 12.4. The number of fused-ring (bicyclic) bond motifs is 2. The molecule has 1 heterocycles. The predicted molar refractivity (Wildman–Crippen MR) is 130 cm³/mol. The highest BCUT2D eigenvalue weighted by Gasteiger charge is 2.22. The molecule has 4 rings (SSSR count). The number of para-hydroxylation sites is 1. The number of amides is 3. The topological polar surface area (TPSA) is 123 Å². The van der Waals surface area contributed by atoms with Crippen molar-refractivity contribution in [1.29, 1.82) is 0 Å². The number of aromatic nitrogens is 1. The lowest BCUT2D eigenvalue weighted by Gasteiger charge is -2.18. The van der Waals surface area contributed by atoms with Crippen molar-refractivity contribution in [2.45, 2.75) is 25.4 Å². The van der Waals surface area contributed by atoms with Crippen molar-refractivity contribution in [3.8, 4) is 0 Å². The van der Waals surface area contributed by atoms with Gasteiger partial charge in [-0.15, -0.1) is 0 Å². The second kappa shape index (κ2) is 10.1. The molecule has 0 aliphatic heterocycles. The van der Waals surface area contributed by atoms with Gasteiger partial charge in [0.15, 0.2) is 0 Å². The van der Waals surface area contributed by atoms with Gasteiger partial charge in [0.2, 0.25) is 5.91 Å². The number of hydrogen-bond acceptors (Lipinski definition) is 3. The number of H-pyrrole nitrogens is 1. The van der Waals surface area contributed by atoms with Crippen LogP contribution in [0.3, 0.4) is 0 Å². The molecule has 0 aliphatic carbocycles. The van der Waals surface area contributed by atoms with Gasteiger partial charge in [-0.3, -0.25) is 4.79 Å². The number of rotatable bonds is 8. The molecule has 0 aliphatic rings. The summed E-state index contributed by atoms with van der Waals surface area (Å²) in [5, 5.41) is 20.4. The van der Waals surface area contributed by atoms with Crippen molar-refractivity contribution in [2.75, 3.05) is 6.54 Å². The van der Waals surface area contributed by atoms with Crippen LogP contribution in [0.15, 0.2) is 72.9 Å². The Morgan fingerprint density at radius 2 is 1.62 bits per heavy atom. The van der Waals surface area contributed by atoms with E-state index in [2.05, 4.69) is 20.9 Å². The van der Waals surface area contributed by atoms with Crippen LogP contribution in [0.5, 0.6) is 0 Å². The van der Waals surface area contributed by atoms with Crippen LogP contribution in [-0.4, -0.2) is 40.6 Å². The van der Waals surface area contributed by atoms with E-state index in [0.717, 1.165) is 32.8 Å². The summed E-state index contributed by atoms with van der Waals surface area (Å²) in [4.78, 5) is 39.5. The van der Waals surface area contributed by atoms with E-state index in [-0.39, 0.29) is 24.9 Å². The highest BCUT2D eigenvalue weighted by Crippen LogP contribution is 2.24. The Labute approximate surface area is 196 Å². The van der Waals surface area contributed by atoms with Crippen LogP contribution in [0.25, 0.3) is 21.7 Å². The zero-order valence-electron chi connectivity index (χ0n) is 18.7. The fourth-order valence-electron chi connectivity index (χ4n) is 4.09. The first-order valence-electron chi connectivity index (χ1n) is 11.0. The van der Waals surface area contributed by atoms with E-state index in [4.69, 9.17) is 0 Å². The smallest absolute Gasteiger partial charge is 0.326 e. The quantitative estimate of drug-likeness (QED) is 0.277. The molecule has 4 aromatic rings. The van der Waals surface area contributed by atoms with Gasteiger partial charge in [0.05, 0.1) is 12.6 Å². The van der Waals surface area contributed by atoms with E-state index in [1.807, 2.05) is 73.7 Å². The Morgan fingerprint density at radius 3 is 2.41 bits per heavy atom. The molecule has 0 bridgehead atoms. The number of carbonyl (C=O) groups excluding carboxylic acids is 2. The van der Waals surface area contributed by atoms with Crippen molar-refractivity contribution < 1.29 is 19.5 Å². The number of carboxylic acid groups (broad SMARTS) is 1. The summed E-state index contributed by atoms with van der Waals surface area (Å²) in [6.07, 6.45) is 1.85. The Hall–Kier alpha value is -4.33. The third-order valence-corrected chi connectivity index (χ3v) is 5.78. The monoisotopic (exact) mass is 458 g/mol. The van der Waals surface area contributed by atoms with Gasteiger partial charge >= 0.3 is 12.0 Å². The second-order valence-corrected chi connectivity index (χ2v) is 8.14. The van der Waals surface area contributed by atoms with Gasteiger partial charge in [-0.05, 0) is 34.9 Å². The number of urea groups is 1. The fourth-order valence-corrected chi connectivity index (χ4v) is 4.09. The molecule has 8 nitrogen and oxygen atoms in total. The van der Waals surface area contributed by atoms with Gasteiger partial charge < -0.3 is 26.0 Å². The first-order chi connectivity index (χ1) is 16.4. The van der Waals surface area contributed by atoms with Crippen LogP contribution in [0, 0.1) is 0 Å². The minimum Gasteiger partial charge on any atom is -0.480 e. The molecule has 5 N–H and O–H groups in total. The van der Waals surface area contributed by atoms with Crippen molar-refractivity contribution in [2.24, 2.45) is 0 Å². The maximum Gasteiger partial charge on any atom is 0.326 e. The number of benzene rings is 3. The molecule has 2 unspecified atom stereocenters. The lowest BCUT2D eigenvalue weighted by molar-refractivity contribution is -0.139. The van der Waals surface area contributed by atoms with Gasteiger partial charge in [0, 0.05) is 23.5 Å². The Morgan fingerprint density at radius 1 is 0.912 bits per heavy atom. The number of nitrogens with one attached hydrogen (secondary N) is 4. The number of carboxylic acids is 1. The molecular formula is C26H26N4O4. The molecule has 34 heavy (non-hydrogen) atoms. The van der Waals surface area contributed by atoms with Gasteiger partial charge in [-0.25, -0.2) is 9.59 Å². The van der Waals surface area contributed by atoms with Crippen LogP contribution < -0.4 is 16.0 Å². The first kappa shape index (κ1) is 22.8. The summed E-state index contributed by atoms with van der Waals surface area (Å²) in [6, 6.07) is 19.2. The van der Waals surface area contributed by atoms with E-state index in [0.29, 0.717) is 0 Å². The maximum atomic E-state index is 12.4. The standard InChI is InChI=1S/C26H26N4O4/c1-16(19-11-6-8-17-7-2-3-9-20(17)19)29-24(31)15-28-26(34)30-23(25(32)33)13-18-14-27-22-12-5-4-10-21(18)22/h2-12,14,16,23,27H,13,15H2,1H3,(H,29,31)(H,32,33)(H2,28,30,34). The van der Waals surface area contributed by atoms with Crippen LogP contribution in [0.4, 0.5) is 4.79 Å². The lowest BCUT2D eigenvalue weighted by Crippen LogP contribution is -2.49. The van der Waals surface area contributed by atoms with E-state index in [1.54, 1.807) is 6.20 Å². The summed E-state index contributed by atoms with van der Waals surface area (Å²) in [5.74, 6) is -1.53. The fraction of sp³-hybridized carbons (Fsp3) is 0.192. The molecule has 3 amide bonds. The Balaban J connectivity index is 1.32. The van der Waals surface area contributed by atoms with Crippen LogP contribution in [0.1, 0.15) is 24.1 Å². The lowest BCUT2D eigenvalue weighted by atomic mass is 10.00. The normalized spacial score (nSPS) is 12.7. The van der Waals surface area contributed by atoms with Crippen molar-refractivity contribution in [3.05, 3.63) is 84.1 Å². The van der Waals surface area contributed by atoms with Crippen LogP contribution in [-0.2, 0) is 16.0 Å². The van der Waals surface area contributed by atoms with Crippen LogP contribution >= 0.6 is 0 Å². The second-order valence-electron chi connectivity index (χ2n) is 8.14. The van der Waals surface area contributed by atoms with Crippen molar-refractivity contribution >= 4 is 39.6 Å². The van der Waals surface area contributed by atoms with Crippen LogP contribution in [0.2, 0.25) is 0 Å². The molecule has 2 atom stereocenters. The summed E-state index contributed by atoms with van der Waals surface area (Å²) in [5.41, 5.74) is 2.65. The molecular weight excluding hydrogens is 432 g/mol. The van der Waals surface area contributed by atoms with E-state index in [9.17, 15) is 19.5 Å². The van der Waals surface area contributed by atoms with Gasteiger partial charge in [0.25, 0.3) is 0 Å². The van der Waals surface area contributed by atoms with E-state index < -0.39 is 18.0 Å². The summed E-state index contributed by atoms with van der Waals surface area (Å²) in [7, 11) is 0. The zero-order valence-corrected chi connectivity index (χ0v) is 18.7. The molecule has 0 saturated carbocycles. The molecule has 0 spiro atoms. The summed E-state index contributed by atoms with van der Waals surface area (Å²) < 4.78 is 0. The highest BCUT2D eigenvalue weighted by atomic mass is 16.4. The summed E-state index contributed by atoms with van der Waals surface area (Å²) >= 11 is 0. The molecule has 0 fully saturated rings. The highest BCUT2D eigenvalue weighted by molar-refractivity contribution is 5.89. The Kier molecular flexibility index (Phi) is 6.77. The number of aromatic amines is 1. The minimum absolute atomic E-state index is 0.108. The molecule has 0 saturated heterocycles. The third kappa shape index (κ3) is 5.17. The van der Waals surface area contributed by atoms with Crippen molar-refractivity contribution in [1.82, 2.24) is 20.9 Å². The molecule has 3 aromatic carbocycles. The zero-order chi connectivity index (χ0) is 24.1.